The molecule has 0 radical (unpaired) electrons. The highest BCUT2D eigenvalue weighted by molar-refractivity contribution is 7.98. The summed E-state index contributed by atoms with van der Waals surface area (Å²) in [4.78, 5) is 1.58. The van der Waals surface area contributed by atoms with Crippen LogP contribution in [0, 0.1) is 5.92 Å². The molecule has 1 saturated carbocycles. The van der Waals surface area contributed by atoms with Crippen LogP contribution in [-0.2, 0) is 9.84 Å². The molecule has 2 rings (SSSR count). The molecule has 0 heterocycles. The highest BCUT2D eigenvalue weighted by Crippen LogP contribution is 2.27. The van der Waals surface area contributed by atoms with E-state index in [1.807, 2.05) is 18.4 Å². The molecule has 4 heteroatoms. The van der Waals surface area contributed by atoms with Crippen LogP contribution in [0.3, 0.4) is 0 Å². The van der Waals surface area contributed by atoms with Crippen LogP contribution in [0.1, 0.15) is 32.1 Å². The maximum atomic E-state index is 12.3. The van der Waals surface area contributed by atoms with Gasteiger partial charge in [0.1, 0.15) is 0 Å². The maximum absolute atomic E-state index is 12.3. The van der Waals surface area contributed by atoms with Crippen LogP contribution in [0.2, 0.25) is 0 Å². The number of sulfone groups is 1. The summed E-state index contributed by atoms with van der Waals surface area (Å²) in [5, 5.41) is 0. The monoisotopic (exact) mass is 284 g/mol. The predicted molar refractivity (Wildman–Crippen MR) is 76.9 cm³/mol. The molecule has 0 aromatic heterocycles. The van der Waals surface area contributed by atoms with Crippen molar-refractivity contribution in [1.82, 2.24) is 0 Å². The Bertz CT molecular complexity index is 471. The standard InChI is InChI=1S/C14H20O2S2/c1-17-13-7-9-14(10-8-13)18(15,16)11-12-5-3-2-4-6-12/h7-10,12H,2-6,11H2,1H3. The van der Waals surface area contributed by atoms with Gasteiger partial charge in [0.05, 0.1) is 10.6 Å². The summed E-state index contributed by atoms with van der Waals surface area (Å²) >= 11 is 1.63. The molecule has 18 heavy (non-hydrogen) atoms. The van der Waals surface area contributed by atoms with Gasteiger partial charge in [0.25, 0.3) is 0 Å². The summed E-state index contributed by atoms with van der Waals surface area (Å²) in [6, 6.07) is 7.25. The van der Waals surface area contributed by atoms with E-state index in [2.05, 4.69) is 0 Å². The minimum atomic E-state index is -3.09. The molecule has 0 aliphatic heterocycles. The van der Waals surface area contributed by atoms with Crippen molar-refractivity contribution in [1.29, 1.82) is 0 Å². The molecule has 2 nitrogen and oxygen atoms in total. The smallest absolute Gasteiger partial charge is 0.178 e. The lowest BCUT2D eigenvalue weighted by Crippen LogP contribution is -2.18. The average Bonchev–Trinajstić information content (AvgIpc) is 2.39. The Kier molecular flexibility index (Phi) is 4.73. The van der Waals surface area contributed by atoms with Gasteiger partial charge in [0.15, 0.2) is 9.84 Å². The normalized spacial score (nSPS) is 17.8. The van der Waals surface area contributed by atoms with Crippen molar-refractivity contribution in [3.8, 4) is 0 Å². The maximum Gasteiger partial charge on any atom is 0.178 e. The number of rotatable bonds is 4. The minimum absolute atomic E-state index is 0.325. The first-order valence-electron chi connectivity index (χ1n) is 6.48. The Morgan fingerprint density at radius 3 is 2.28 bits per heavy atom. The van der Waals surface area contributed by atoms with Crippen LogP contribution in [0.4, 0.5) is 0 Å². The molecule has 0 spiro atoms. The largest absolute Gasteiger partial charge is 0.224 e. The summed E-state index contributed by atoms with van der Waals surface area (Å²) in [6.45, 7) is 0. The van der Waals surface area contributed by atoms with Gasteiger partial charge in [-0.05, 0) is 49.3 Å². The Labute approximate surface area is 114 Å². The van der Waals surface area contributed by atoms with Crippen molar-refractivity contribution in [3.63, 3.8) is 0 Å². The summed E-state index contributed by atoms with van der Waals surface area (Å²) < 4.78 is 24.6. The van der Waals surface area contributed by atoms with E-state index in [1.54, 1.807) is 23.9 Å². The van der Waals surface area contributed by atoms with E-state index < -0.39 is 9.84 Å². The zero-order valence-electron chi connectivity index (χ0n) is 10.8. The molecule has 0 unspecified atom stereocenters. The van der Waals surface area contributed by atoms with Crippen LogP contribution >= 0.6 is 11.8 Å². The third-order valence-electron chi connectivity index (χ3n) is 3.60. The van der Waals surface area contributed by atoms with E-state index in [0.717, 1.165) is 17.7 Å². The fourth-order valence-corrected chi connectivity index (χ4v) is 4.65. The molecule has 0 atom stereocenters. The number of thioether (sulfide) groups is 1. The lowest BCUT2D eigenvalue weighted by molar-refractivity contribution is 0.385. The molecular formula is C14H20O2S2. The Balaban J connectivity index is 2.08. The first-order chi connectivity index (χ1) is 8.62. The molecule has 0 N–H and O–H groups in total. The molecule has 1 aliphatic carbocycles. The number of hydrogen-bond donors (Lipinski definition) is 0. The van der Waals surface area contributed by atoms with Gasteiger partial charge in [-0.25, -0.2) is 8.42 Å². The molecule has 0 saturated heterocycles. The third-order valence-corrected chi connectivity index (χ3v) is 6.24. The molecule has 1 aromatic carbocycles. The van der Waals surface area contributed by atoms with E-state index >= 15 is 0 Å². The van der Waals surface area contributed by atoms with Crippen LogP contribution < -0.4 is 0 Å². The number of benzene rings is 1. The summed E-state index contributed by atoms with van der Waals surface area (Å²) in [6.07, 6.45) is 7.77. The lowest BCUT2D eigenvalue weighted by Gasteiger charge is -2.21. The van der Waals surface area contributed by atoms with Crippen LogP contribution in [0.5, 0.6) is 0 Å². The van der Waals surface area contributed by atoms with Gasteiger partial charge in [-0.15, -0.1) is 11.8 Å². The second kappa shape index (κ2) is 6.11. The molecule has 0 amide bonds. The van der Waals surface area contributed by atoms with Gasteiger partial charge in [0.2, 0.25) is 0 Å². The SMILES string of the molecule is CSc1ccc(S(=O)(=O)CC2CCCCC2)cc1. The van der Waals surface area contributed by atoms with Gasteiger partial charge in [-0.3, -0.25) is 0 Å². The Morgan fingerprint density at radius 1 is 1.11 bits per heavy atom. The summed E-state index contributed by atoms with van der Waals surface area (Å²) in [7, 11) is -3.09. The second-order valence-electron chi connectivity index (χ2n) is 4.96. The van der Waals surface area contributed by atoms with Crippen molar-refractivity contribution < 1.29 is 8.42 Å². The van der Waals surface area contributed by atoms with E-state index in [0.29, 0.717) is 16.6 Å². The zero-order chi connectivity index (χ0) is 13.0. The Hall–Kier alpha value is -0.480. The van der Waals surface area contributed by atoms with Gasteiger partial charge in [-0.2, -0.15) is 0 Å². The van der Waals surface area contributed by atoms with Gasteiger partial charge in [-0.1, -0.05) is 19.3 Å². The van der Waals surface area contributed by atoms with Crippen molar-refractivity contribution in [2.75, 3.05) is 12.0 Å². The summed E-state index contributed by atoms with van der Waals surface area (Å²) in [5.41, 5.74) is 0. The average molecular weight is 284 g/mol. The Morgan fingerprint density at radius 2 is 1.72 bits per heavy atom. The minimum Gasteiger partial charge on any atom is -0.224 e. The van der Waals surface area contributed by atoms with E-state index in [-0.39, 0.29) is 0 Å². The van der Waals surface area contributed by atoms with E-state index in [9.17, 15) is 8.42 Å². The quantitative estimate of drug-likeness (QED) is 0.789. The molecule has 100 valence electrons. The van der Waals surface area contributed by atoms with E-state index in [1.165, 1.54) is 19.3 Å². The van der Waals surface area contributed by atoms with Crippen molar-refractivity contribution in [2.24, 2.45) is 5.92 Å². The van der Waals surface area contributed by atoms with Gasteiger partial charge < -0.3 is 0 Å². The molecule has 1 fully saturated rings. The zero-order valence-corrected chi connectivity index (χ0v) is 12.4. The highest BCUT2D eigenvalue weighted by atomic mass is 32.2. The third kappa shape index (κ3) is 3.51. The fraction of sp³-hybridized carbons (Fsp3) is 0.571. The molecule has 1 aliphatic rings. The summed E-state index contributed by atoms with van der Waals surface area (Å²) in [5.74, 6) is 0.690. The first kappa shape index (κ1) is 13.9. The van der Waals surface area contributed by atoms with Crippen LogP contribution in [0.25, 0.3) is 0 Å². The molecule has 1 aromatic rings. The highest BCUT2D eigenvalue weighted by Gasteiger charge is 2.22. The topological polar surface area (TPSA) is 34.1 Å². The van der Waals surface area contributed by atoms with Gasteiger partial charge in [0, 0.05) is 4.90 Å². The van der Waals surface area contributed by atoms with Crippen molar-refractivity contribution >= 4 is 21.6 Å². The lowest BCUT2D eigenvalue weighted by atomic mass is 9.91. The van der Waals surface area contributed by atoms with Gasteiger partial charge >= 0.3 is 0 Å². The molecular weight excluding hydrogens is 264 g/mol. The number of hydrogen-bond acceptors (Lipinski definition) is 3. The predicted octanol–water partition coefficient (Wildman–Crippen LogP) is 3.76. The van der Waals surface area contributed by atoms with Crippen molar-refractivity contribution in [2.45, 2.75) is 41.9 Å². The van der Waals surface area contributed by atoms with Crippen LogP contribution in [0.15, 0.2) is 34.1 Å². The second-order valence-corrected chi connectivity index (χ2v) is 7.87. The first-order valence-corrected chi connectivity index (χ1v) is 9.36. The fourth-order valence-electron chi connectivity index (χ4n) is 2.54. The van der Waals surface area contributed by atoms with E-state index in [4.69, 9.17) is 0 Å². The van der Waals surface area contributed by atoms with Crippen LogP contribution in [-0.4, -0.2) is 20.4 Å². The van der Waals surface area contributed by atoms with Crippen molar-refractivity contribution in [3.05, 3.63) is 24.3 Å². The molecule has 0 bridgehead atoms.